The lowest BCUT2D eigenvalue weighted by atomic mass is 10.1. The SMILES string of the molecule is Nc1ccc(CCN2CCCC(Oc3ccc(N)cc3)C2)cc1. The molecule has 1 saturated heterocycles. The largest absolute Gasteiger partial charge is 0.489 e. The Morgan fingerprint density at radius 2 is 1.61 bits per heavy atom. The molecule has 23 heavy (non-hydrogen) atoms. The van der Waals surface area contributed by atoms with E-state index >= 15 is 0 Å². The van der Waals surface area contributed by atoms with Crippen LogP contribution < -0.4 is 16.2 Å². The molecule has 0 saturated carbocycles. The number of hydrogen-bond donors (Lipinski definition) is 2. The highest BCUT2D eigenvalue weighted by Gasteiger charge is 2.21. The van der Waals surface area contributed by atoms with Crippen molar-refractivity contribution in [3.05, 3.63) is 54.1 Å². The first-order valence-corrected chi connectivity index (χ1v) is 8.28. The van der Waals surface area contributed by atoms with Crippen LogP contribution in [0.1, 0.15) is 18.4 Å². The smallest absolute Gasteiger partial charge is 0.119 e. The molecule has 1 aliphatic rings. The first-order valence-electron chi connectivity index (χ1n) is 8.28. The predicted molar refractivity (Wildman–Crippen MR) is 95.5 cm³/mol. The van der Waals surface area contributed by atoms with Gasteiger partial charge in [0, 0.05) is 24.5 Å². The lowest BCUT2D eigenvalue weighted by molar-refractivity contribution is 0.0893. The van der Waals surface area contributed by atoms with E-state index in [1.807, 2.05) is 36.4 Å². The van der Waals surface area contributed by atoms with E-state index in [2.05, 4.69) is 17.0 Å². The zero-order valence-electron chi connectivity index (χ0n) is 13.4. The third-order valence-corrected chi connectivity index (χ3v) is 4.34. The Kier molecular flexibility index (Phi) is 5.03. The van der Waals surface area contributed by atoms with Crippen LogP contribution in [0.2, 0.25) is 0 Å². The lowest BCUT2D eigenvalue weighted by Gasteiger charge is -2.33. The maximum Gasteiger partial charge on any atom is 0.119 e. The van der Waals surface area contributed by atoms with Crippen LogP contribution in [0.4, 0.5) is 11.4 Å². The van der Waals surface area contributed by atoms with Crippen LogP contribution in [0.5, 0.6) is 5.75 Å². The second-order valence-electron chi connectivity index (χ2n) is 6.24. The maximum atomic E-state index is 6.09. The molecule has 1 heterocycles. The van der Waals surface area contributed by atoms with Gasteiger partial charge < -0.3 is 16.2 Å². The summed E-state index contributed by atoms with van der Waals surface area (Å²) in [6.45, 7) is 3.20. The van der Waals surface area contributed by atoms with Crippen LogP contribution in [0.25, 0.3) is 0 Å². The van der Waals surface area contributed by atoms with Crippen molar-refractivity contribution < 1.29 is 4.74 Å². The summed E-state index contributed by atoms with van der Waals surface area (Å²) in [6.07, 6.45) is 3.61. The van der Waals surface area contributed by atoms with E-state index in [-0.39, 0.29) is 6.10 Å². The van der Waals surface area contributed by atoms with Crippen LogP contribution in [-0.4, -0.2) is 30.6 Å². The molecular formula is C19H25N3O. The zero-order valence-corrected chi connectivity index (χ0v) is 13.4. The minimum atomic E-state index is 0.263. The molecule has 0 radical (unpaired) electrons. The summed E-state index contributed by atoms with van der Waals surface area (Å²) in [7, 11) is 0. The van der Waals surface area contributed by atoms with E-state index in [9.17, 15) is 0 Å². The fourth-order valence-corrected chi connectivity index (χ4v) is 3.02. The summed E-state index contributed by atoms with van der Waals surface area (Å²) in [6, 6.07) is 15.8. The number of hydrogen-bond acceptors (Lipinski definition) is 4. The van der Waals surface area contributed by atoms with Gasteiger partial charge in [0.2, 0.25) is 0 Å². The number of likely N-dealkylation sites (tertiary alicyclic amines) is 1. The number of anilines is 2. The lowest BCUT2D eigenvalue weighted by Crippen LogP contribution is -2.42. The van der Waals surface area contributed by atoms with Gasteiger partial charge in [-0.15, -0.1) is 0 Å². The number of nitrogens with zero attached hydrogens (tertiary/aromatic N) is 1. The second-order valence-corrected chi connectivity index (χ2v) is 6.24. The van der Waals surface area contributed by atoms with Crippen molar-refractivity contribution in [2.75, 3.05) is 31.1 Å². The molecule has 0 spiro atoms. The summed E-state index contributed by atoms with van der Waals surface area (Å²) in [5, 5.41) is 0. The third kappa shape index (κ3) is 4.63. The fourth-order valence-electron chi connectivity index (χ4n) is 3.02. The van der Waals surface area contributed by atoms with Gasteiger partial charge in [-0.1, -0.05) is 12.1 Å². The van der Waals surface area contributed by atoms with Crippen LogP contribution in [-0.2, 0) is 6.42 Å². The van der Waals surface area contributed by atoms with Gasteiger partial charge >= 0.3 is 0 Å². The van der Waals surface area contributed by atoms with Gasteiger partial charge in [-0.25, -0.2) is 0 Å². The highest BCUT2D eigenvalue weighted by Crippen LogP contribution is 2.20. The number of rotatable bonds is 5. The third-order valence-electron chi connectivity index (χ3n) is 4.34. The molecule has 2 aromatic carbocycles. The van der Waals surface area contributed by atoms with Crippen molar-refractivity contribution in [3.8, 4) is 5.75 Å². The number of nitrogens with two attached hydrogens (primary N) is 2. The summed E-state index contributed by atoms with van der Waals surface area (Å²) >= 11 is 0. The molecular weight excluding hydrogens is 286 g/mol. The number of benzene rings is 2. The van der Waals surface area contributed by atoms with Gasteiger partial charge in [0.05, 0.1) is 0 Å². The second kappa shape index (κ2) is 7.38. The zero-order chi connectivity index (χ0) is 16.1. The molecule has 1 fully saturated rings. The topological polar surface area (TPSA) is 64.5 Å². The molecule has 0 amide bonds. The molecule has 4 N–H and O–H groups in total. The minimum absolute atomic E-state index is 0.263. The van der Waals surface area contributed by atoms with E-state index in [1.165, 1.54) is 12.0 Å². The van der Waals surface area contributed by atoms with Crippen LogP contribution in [0.3, 0.4) is 0 Å². The first-order chi connectivity index (χ1) is 11.2. The number of piperidine rings is 1. The molecule has 0 aliphatic carbocycles. The number of ether oxygens (including phenoxy) is 1. The highest BCUT2D eigenvalue weighted by atomic mass is 16.5. The van der Waals surface area contributed by atoms with Crippen molar-refractivity contribution >= 4 is 11.4 Å². The van der Waals surface area contributed by atoms with E-state index in [0.29, 0.717) is 0 Å². The van der Waals surface area contributed by atoms with Gasteiger partial charge in [-0.2, -0.15) is 0 Å². The van der Waals surface area contributed by atoms with Crippen molar-refractivity contribution in [2.45, 2.75) is 25.4 Å². The van der Waals surface area contributed by atoms with Gasteiger partial charge in [0.1, 0.15) is 11.9 Å². The Labute approximate surface area is 138 Å². The summed E-state index contributed by atoms with van der Waals surface area (Å²) in [5.74, 6) is 0.907. The monoisotopic (exact) mass is 311 g/mol. The van der Waals surface area contributed by atoms with Crippen LogP contribution in [0, 0.1) is 0 Å². The molecule has 1 atom stereocenters. The molecule has 122 valence electrons. The summed E-state index contributed by atoms with van der Waals surface area (Å²) in [5.41, 5.74) is 14.4. The highest BCUT2D eigenvalue weighted by molar-refractivity contribution is 5.41. The summed E-state index contributed by atoms with van der Waals surface area (Å²) in [4.78, 5) is 2.49. The molecule has 1 unspecified atom stereocenters. The molecule has 0 aromatic heterocycles. The van der Waals surface area contributed by atoms with Crippen molar-refractivity contribution in [1.82, 2.24) is 4.90 Å². The Balaban J connectivity index is 1.49. The molecule has 4 heteroatoms. The standard InChI is InChI=1S/C19H25N3O/c20-16-5-3-15(4-6-16)11-13-22-12-1-2-19(14-22)23-18-9-7-17(21)8-10-18/h3-10,19H,1-2,11-14,20-21H2. The molecule has 3 rings (SSSR count). The molecule has 0 bridgehead atoms. The van der Waals surface area contributed by atoms with Gasteiger partial charge in [-0.3, -0.25) is 4.90 Å². The van der Waals surface area contributed by atoms with Crippen molar-refractivity contribution in [2.24, 2.45) is 0 Å². The van der Waals surface area contributed by atoms with Gasteiger partial charge in [0.25, 0.3) is 0 Å². The van der Waals surface area contributed by atoms with E-state index in [0.717, 1.165) is 49.6 Å². The predicted octanol–water partition coefficient (Wildman–Crippen LogP) is 2.94. The molecule has 1 aliphatic heterocycles. The maximum absolute atomic E-state index is 6.09. The van der Waals surface area contributed by atoms with E-state index in [4.69, 9.17) is 16.2 Å². The van der Waals surface area contributed by atoms with Crippen LogP contribution >= 0.6 is 0 Å². The normalized spacial score (nSPS) is 18.7. The number of nitrogen functional groups attached to an aromatic ring is 2. The average molecular weight is 311 g/mol. The van der Waals surface area contributed by atoms with Gasteiger partial charge in [-0.05, 0) is 67.8 Å². The van der Waals surface area contributed by atoms with Crippen molar-refractivity contribution in [1.29, 1.82) is 0 Å². The quantitative estimate of drug-likeness (QED) is 0.833. The fraction of sp³-hybridized carbons (Fsp3) is 0.368. The average Bonchev–Trinajstić information content (AvgIpc) is 2.57. The van der Waals surface area contributed by atoms with Crippen molar-refractivity contribution in [3.63, 3.8) is 0 Å². The first kappa shape index (κ1) is 15.7. The molecule has 4 nitrogen and oxygen atoms in total. The van der Waals surface area contributed by atoms with E-state index < -0.39 is 0 Å². The molecule has 2 aromatic rings. The Morgan fingerprint density at radius 1 is 0.957 bits per heavy atom. The Morgan fingerprint density at radius 3 is 2.30 bits per heavy atom. The van der Waals surface area contributed by atoms with Gasteiger partial charge in [0.15, 0.2) is 0 Å². The minimum Gasteiger partial charge on any atom is -0.489 e. The summed E-state index contributed by atoms with van der Waals surface area (Å²) < 4.78 is 6.09. The Bertz CT molecular complexity index is 610. The van der Waals surface area contributed by atoms with E-state index in [1.54, 1.807) is 0 Å². The van der Waals surface area contributed by atoms with Crippen LogP contribution in [0.15, 0.2) is 48.5 Å². The Hall–Kier alpha value is -2.20.